The van der Waals surface area contributed by atoms with Crippen LogP contribution in [0.5, 0.6) is 0 Å². The Kier molecular flexibility index (Phi) is 2.61. The molecule has 1 unspecified atom stereocenters. The summed E-state index contributed by atoms with van der Waals surface area (Å²) >= 11 is 0. The topological polar surface area (TPSA) is 60.9 Å². The number of hydrogen-bond donors (Lipinski definition) is 3. The van der Waals surface area contributed by atoms with Crippen molar-refractivity contribution in [2.45, 2.75) is 25.4 Å². The van der Waals surface area contributed by atoms with Gasteiger partial charge in [-0.15, -0.1) is 0 Å². The number of piperidine rings is 1. The summed E-state index contributed by atoms with van der Waals surface area (Å²) < 4.78 is 0. The Morgan fingerprint density at radius 1 is 1.62 bits per heavy atom. The first-order valence-corrected chi connectivity index (χ1v) is 4.76. The van der Waals surface area contributed by atoms with Gasteiger partial charge >= 0.3 is 0 Å². The van der Waals surface area contributed by atoms with Crippen LogP contribution in [0.15, 0.2) is 6.07 Å². The third kappa shape index (κ3) is 1.89. The zero-order valence-corrected chi connectivity index (χ0v) is 7.58. The van der Waals surface area contributed by atoms with E-state index in [2.05, 4.69) is 15.5 Å². The molecule has 0 spiro atoms. The van der Waals surface area contributed by atoms with Gasteiger partial charge in [-0.2, -0.15) is 5.10 Å². The highest BCUT2D eigenvalue weighted by atomic mass is 16.3. The third-order valence-corrected chi connectivity index (χ3v) is 2.54. The lowest BCUT2D eigenvalue weighted by molar-refractivity contribution is 0.276. The molecule has 1 saturated heterocycles. The molecule has 72 valence electrons. The second kappa shape index (κ2) is 3.89. The molecule has 1 aromatic heterocycles. The van der Waals surface area contributed by atoms with E-state index in [-0.39, 0.29) is 6.61 Å². The lowest BCUT2D eigenvalue weighted by atomic mass is 9.96. The molecule has 0 radical (unpaired) electrons. The van der Waals surface area contributed by atoms with E-state index in [1.165, 1.54) is 12.8 Å². The number of aliphatic hydroxyl groups excluding tert-OH is 1. The predicted octanol–water partition coefficient (Wildman–Crippen LogP) is 0.369. The summed E-state index contributed by atoms with van der Waals surface area (Å²) in [6.07, 6.45) is 2.41. The predicted molar refractivity (Wildman–Crippen MR) is 49.4 cm³/mol. The van der Waals surface area contributed by atoms with Crippen molar-refractivity contribution in [2.75, 3.05) is 13.1 Å². The normalized spacial score (nSPS) is 23.3. The van der Waals surface area contributed by atoms with E-state index in [9.17, 15) is 0 Å². The van der Waals surface area contributed by atoms with Crippen LogP contribution in [0.25, 0.3) is 0 Å². The van der Waals surface area contributed by atoms with Crippen molar-refractivity contribution >= 4 is 0 Å². The average Bonchev–Trinajstić information content (AvgIpc) is 2.67. The maximum atomic E-state index is 8.86. The van der Waals surface area contributed by atoms with Crippen LogP contribution < -0.4 is 5.32 Å². The monoisotopic (exact) mass is 181 g/mol. The summed E-state index contributed by atoms with van der Waals surface area (Å²) in [4.78, 5) is 0. The van der Waals surface area contributed by atoms with Crippen LogP contribution in [0.2, 0.25) is 0 Å². The van der Waals surface area contributed by atoms with E-state index in [1.54, 1.807) is 0 Å². The molecule has 0 aromatic carbocycles. The minimum Gasteiger partial charge on any atom is -0.390 e. The van der Waals surface area contributed by atoms with Crippen molar-refractivity contribution in [1.82, 2.24) is 15.5 Å². The van der Waals surface area contributed by atoms with Crippen LogP contribution in [0.3, 0.4) is 0 Å². The highest BCUT2D eigenvalue weighted by molar-refractivity contribution is 5.13. The molecule has 13 heavy (non-hydrogen) atoms. The van der Waals surface area contributed by atoms with Crippen LogP contribution in [0.1, 0.15) is 30.1 Å². The highest BCUT2D eigenvalue weighted by Crippen LogP contribution is 2.21. The molecule has 0 amide bonds. The zero-order valence-electron chi connectivity index (χ0n) is 7.58. The van der Waals surface area contributed by atoms with E-state index >= 15 is 0 Å². The van der Waals surface area contributed by atoms with Gasteiger partial charge in [0, 0.05) is 12.5 Å². The van der Waals surface area contributed by atoms with E-state index in [0.717, 1.165) is 24.5 Å². The van der Waals surface area contributed by atoms with Gasteiger partial charge in [0.05, 0.1) is 18.0 Å². The maximum absolute atomic E-state index is 8.86. The van der Waals surface area contributed by atoms with Crippen LogP contribution >= 0.6 is 0 Å². The van der Waals surface area contributed by atoms with Crippen molar-refractivity contribution in [1.29, 1.82) is 0 Å². The molecule has 4 nitrogen and oxygen atoms in total. The fraction of sp³-hybridized carbons (Fsp3) is 0.667. The smallest absolute Gasteiger partial charge is 0.0847 e. The van der Waals surface area contributed by atoms with Crippen molar-refractivity contribution < 1.29 is 5.11 Å². The molecule has 0 saturated carbocycles. The summed E-state index contributed by atoms with van der Waals surface area (Å²) in [5.74, 6) is 0.519. The van der Waals surface area contributed by atoms with Gasteiger partial charge in [-0.3, -0.25) is 5.10 Å². The van der Waals surface area contributed by atoms with Crippen molar-refractivity contribution in [3.05, 3.63) is 17.5 Å². The molecule has 1 aliphatic heterocycles. The Morgan fingerprint density at radius 3 is 3.15 bits per heavy atom. The molecular weight excluding hydrogens is 166 g/mol. The quantitative estimate of drug-likeness (QED) is 0.617. The first-order valence-electron chi connectivity index (χ1n) is 4.76. The Labute approximate surface area is 77.4 Å². The van der Waals surface area contributed by atoms with Crippen molar-refractivity contribution in [3.63, 3.8) is 0 Å². The van der Waals surface area contributed by atoms with Gasteiger partial charge in [0.15, 0.2) is 0 Å². The Morgan fingerprint density at radius 2 is 2.54 bits per heavy atom. The number of rotatable bonds is 2. The molecule has 0 bridgehead atoms. The van der Waals surface area contributed by atoms with E-state index < -0.39 is 0 Å². The molecule has 1 aliphatic rings. The first kappa shape index (κ1) is 8.72. The number of hydrogen-bond acceptors (Lipinski definition) is 3. The summed E-state index contributed by atoms with van der Waals surface area (Å²) in [6, 6.07) is 1.96. The number of aliphatic hydroxyl groups is 1. The Hall–Kier alpha value is -0.870. The number of nitrogens with one attached hydrogen (secondary N) is 2. The van der Waals surface area contributed by atoms with Gasteiger partial charge in [-0.05, 0) is 25.5 Å². The molecular formula is C9H15N3O. The molecule has 2 rings (SSSR count). The number of aromatic nitrogens is 2. The minimum atomic E-state index is 0.0488. The number of aromatic amines is 1. The minimum absolute atomic E-state index is 0.0488. The Balaban J connectivity index is 2.05. The van der Waals surface area contributed by atoms with Gasteiger partial charge in [0.25, 0.3) is 0 Å². The van der Waals surface area contributed by atoms with E-state index in [4.69, 9.17) is 5.11 Å². The van der Waals surface area contributed by atoms with Crippen molar-refractivity contribution in [2.24, 2.45) is 0 Å². The molecule has 2 heterocycles. The largest absolute Gasteiger partial charge is 0.390 e. The second-order valence-corrected chi connectivity index (χ2v) is 3.52. The van der Waals surface area contributed by atoms with Gasteiger partial charge in [0.2, 0.25) is 0 Å². The summed E-state index contributed by atoms with van der Waals surface area (Å²) in [5, 5.41) is 19.2. The second-order valence-electron chi connectivity index (χ2n) is 3.52. The van der Waals surface area contributed by atoms with Crippen LogP contribution in [-0.2, 0) is 6.61 Å². The molecule has 3 N–H and O–H groups in total. The number of nitrogens with zero attached hydrogens (tertiary/aromatic N) is 1. The molecule has 1 fully saturated rings. The molecule has 0 aliphatic carbocycles. The van der Waals surface area contributed by atoms with Crippen LogP contribution in [0, 0.1) is 0 Å². The van der Waals surface area contributed by atoms with Gasteiger partial charge < -0.3 is 10.4 Å². The van der Waals surface area contributed by atoms with Crippen LogP contribution in [-0.4, -0.2) is 28.4 Å². The van der Waals surface area contributed by atoms with E-state index in [1.807, 2.05) is 6.07 Å². The van der Waals surface area contributed by atoms with Gasteiger partial charge in [-0.25, -0.2) is 0 Å². The molecule has 1 aromatic rings. The average molecular weight is 181 g/mol. The Bertz CT molecular complexity index is 266. The zero-order chi connectivity index (χ0) is 9.10. The van der Waals surface area contributed by atoms with E-state index in [0.29, 0.717) is 5.92 Å². The number of H-pyrrole nitrogens is 1. The first-order chi connectivity index (χ1) is 6.40. The van der Waals surface area contributed by atoms with Crippen LogP contribution in [0.4, 0.5) is 0 Å². The molecule has 1 atom stereocenters. The third-order valence-electron chi connectivity index (χ3n) is 2.54. The fourth-order valence-corrected chi connectivity index (χ4v) is 1.77. The standard InChI is InChI=1S/C9H15N3O/c13-6-8-4-9(12-11-8)7-2-1-3-10-5-7/h4,7,10,13H,1-3,5-6H2,(H,11,12). The SMILES string of the molecule is OCc1cc(C2CCCNC2)n[nH]1. The maximum Gasteiger partial charge on any atom is 0.0847 e. The summed E-state index contributed by atoms with van der Waals surface area (Å²) in [5.41, 5.74) is 1.89. The lowest BCUT2D eigenvalue weighted by Crippen LogP contribution is -2.28. The van der Waals surface area contributed by atoms with Crippen molar-refractivity contribution in [3.8, 4) is 0 Å². The van der Waals surface area contributed by atoms with Gasteiger partial charge in [-0.1, -0.05) is 0 Å². The van der Waals surface area contributed by atoms with Gasteiger partial charge in [0.1, 0.15) is 0 Å². The summed E-state index contributed by atoms with van der Waals surface area (Å²) in [6.45, 7) is 2.18. The lowest BCUT2D eigenvalue weighted by Gasteiger charge is -2.20. The fourth-order valence-electron chi connectivity index (χ4n) is 1.77. The molecule has 4 heteroatoms. The highest BCUT2D eigenvalue weighted by Gasteiger charge is 2.17. The summed E-state index contributed by atoms with van der Waals surface area (Å²) in [7, 11) is 0.